The summed E-state index contributed by atoms with van der Waals surface area (Å²) in [6, 6.07) is 0. The molecule has 4 atom stereocenters. The summed E-state index contributed by atoms with van der Waals surface area (Å²) in [5.41, 5.74) is -0.193. The van der Waals surface area contributed by atoms with Crippen LogP contribution in [0.5, 0.6) is 0 Å². The van der Waals surface area contributed by atoms with Crippen molar-refractivity contribution in [1.82, 2.24) is 0 Å². The molecule has 0 aromatic rings. The monoisotopic (exact) mass is 166 g/mol. The Morgan fingerprint density at radius 2 is 2.00 bits per heavy atom. The summed E-state index contributed by atoms with van der Waals surface area (Å²) in [6.07, 6.45) is 9.16. The minimum absolute atomic E-state index is 0.193. The van der Waals surface area contributed by atoms with Gasteiger partial charge in [0, 0.05) is 0 Å². The highest BCUT2D eigenvalue weighted by Crippen LogP contribution is 2.58. The summed E-state index contributed by atoms with van der Waals surface area (Å²) >= 11 is 0. The third-order valence-corrected chi connectivity index (χ3v) is 4.73. The highest BCUT2D eigenvalue weighted by molar-refractivity contribution is 5.07. The Hall–Kier alpha value is -0.0400. The Labute approximate surface area is 74.2 Å². The van der Waals surface area contributed by atoms with Crippen molar-refractivity contribution in [2.75, 3.05) is 0 Å². The van der Waals surface area contributed by atoms with E-state index in [1.165, 1.54) is 38.5 Å². The summed E-state index contributed by atoms with van der Waals surface area (Å²) < 4.78 is 0. The van der Waals surface area contributed by atoms with Crippen LogP contribution in [-0.4, -0.2) is 10.7 Å². The van der Waals surface area contributed by atoms with Gasteiger partial charge in [-0.3, -0.25) is 0 Å². The number of aliphatic hydroxyl groups is 1. The molecule has 3 aliphatic rings. The van der Waals surface area contributed by atoms with Crippen LogP contribution in [0.3, 0.4) is 0 Å². The van der Waals surface area contributed by atoms with Crippen molar-refractivity contribution in [2.45, 2.75) is 50.5 Å². The van der Waals surface area contributed by atoms with Crippen molar-refractivity contribution in [2.24, 2.45) is 17.8 Å². The van der Waals surface area contributed by atoms with Gasteiger partial charge in [-0.1, -0.05) is 12.8 Å². The molecule has 1 nitrogen and oxygen atoms in total. The van der Waals surface area contributed by atoms with Crippen LogP contribution < -0.4 is 0 Å². The number of rotatable bonds is 0. The molecule has 0 amide bonds. The van der Waals surface area contributed by atoms with Crippen molar-refractivity contribution in [3.63, 3.8) is 0 Å². The van der Waals surface area contributed by atoms with E-state index in [4.69, 9.17) is 0 Å². The largest absolute Gasteiger partial charge is 0.389 e. The molecule has 3 saturated carbocycles. The van der Waals surface area contributed by atoms with Gasteiger partial charge in [0.2, 0.25) is 0 Å². The topological polar surface area (TPSA) is 20.2 Å². The van der Waals surface area contributed by atoms with Gasteiger partial charge < -0.3 is 5.11 Å². The van der Waals surface area contributed by atoms with Gasteiger partial charge in [0.15, 0.2) is 0 Å². The van der Waals surface area contributed by atoms with E-state index >= 15 is 0 Å². The average molecular weight is 166 g/mol. The van der Waals surface area contributed by atoms with Gasteiger partial charge in [-0.2, -0.15) is 0 Å². The van der Waals surface area contributed by atoms with Crippen molar-refractivity contribution in [3.05, 3.63) is 0 Å². The molecule has 0 aromatic heterocycles. The van der Waals surface area contributed by atoms with Crippen molar-refractivity contribution in [3.8, 4) is 0 Å². The molecule has 0 aromatic carbocycles. The first-order chi connectivity index (χ1) is 5.81. The van der Waals surface area contributed by atoms with Crippen LogP contribution in [0.1, 0.15) is 44.9 Å². The summed E-state index contributed by atoms with van der Waals surface area (Å²) in [6.45, 7) is 0. The van der Waals surface area contributed by atoms with Crippen LogP contribution in [0.2, 0.25) is 0 Å². The highest BCUT2D eigenvalue weighted by Gasteiger charge is 2.56. The molecule has 0 aliphatic heterocycles. The average Bonchev–Trinajstić information content (AvgIpc) is 2.31. The smallest absolute Gasteiger partial charge is 0.0706 e. The molecule has 3 rings (SSSR count). The first-order valence-electron chi connectivity index (χ1n) is 5.53. The van der Waals surface area contributed by atoms with Crippen LogP contribution in [0.25, 0.3) is 0 Å². The lowest BCUT2D eigenvalue weighted by atomic mass is 9.67. The Bertz CT molecular complexity index is 201. The quantitative estimate of drug-likeness (QED) is 0.585. The minimum atomic E-state index is -0.193. The van der Waals surface area contributed by atoms with Gasteiger partial charge in [0.25, 0.3) is 0 Å². The van der Waals surface area contributed by atoms with Crippen molar-refractivity contribution >= 4 is 0 Å². The first-order valence-corrected chi connectivity index (χ1v) is 5.53. The van der Waals surface area contributed by atoms with E-state index in [0.717, 1.165) is 12.3 Å². The maximum Gasteiger partial charge on any atom is 0.0706 e. The fraction of sp³-hybridized carbons (Fsp3) is 1.00. The first kappa shape index (κ1) is 7.37. The molecule has 12 heavy (non-hydrogen) atoms. The fourth-order valence-electron chi connectivity index (χ4n) is 4.24. The Morgan fingerprint density at radius 3 is 2.83 bits per heavy atom. The summed E-state index contributed by atoms with van der Waals surface area (Å²) in [7, 11) is 0. The van der Waals surface area contributed by atoms with Crippen molar-refractivity contribution in [1.29, 1.82) is 0 Å². The maximum absolute atomic E-state index is 10.5. The van der Waals surface area contributed by atoms with Crippen LogP contribution in [0.4, 0.5) is 0 Å². The lowest BCUT2D eigenvalue weighted by molar-refractivity contribution is -0.0853. The van der Waals surface area contributed by atoms with Gasteiger partial charge >= 0.3 is 0 Å². The van der Waals surface area contributed by atoms with Gasteiger partial charge in [0.1, 0.15) is 0 Å². The van der Waals surface area contributed by atoms with Gasteiger partial charge in [-0.15, -0.1) is 0 Å². The molecule has 1 heteroatoms. The van der Waals surface area contributed by atoms with Gasteiger partial charge in [-0.25, -0.2) is 0 Å². The predicted molar refractivity (Wildman–Crippen MR) is 47.7 cm³/mol. The molecule has 0 radical (unpaired) electrons. The summed E-state index contributed by atoms with van der Waals surface area (Å²) in [4.78, 5) is 0. The van der Waals surface area contributed by atoms with E-state index < -0.39 is 0 Å². The SMILES string of the molecule is OC12CCCC3CC1CCCC32. The van der Waals surface area contributed by atoms with E-state index in [2.05, 4.69) is 0 Å². The zero-order valence-electron chi connectivity index (χ0n) is 7.63. The predicted octanol–water partition coefficient (Wildman–Crippen LogP) is 2.34. The van der Waals surface area contributed by atoms with Gasteiger partial charge in [-0.05, 0) is 49.9 Å². The Balaban J connectivity index is 1.99. The molecule has 1 N–H and O–H groups in total. The summed E-state index contributed by atoms with van der Waals surface area (Å²) in [5, 5.41) is 10.5. The zero-order chi connectivity index (χ0) is 8.18. The molecule has 68 valence electrons. The zero-order valence-corrected chi connectivity index (χ0v) is 7.63. The Kier molecular flexibility index (Phi) is 1.39. The molecular formula is C11H18O. The second-order valence-electron chi connectivity index (χ2n) is 5.11. The van der Waals surface area contributed by atoms with E-state index in [9.17, 15) is 5.11 Å². The van der Waals surface area contributed by atoms with E-state index in [-0.39, 0.29) is 5.60 Å². The lowest BCUT2D eigenvalue weighted by Crippen LogP contribution is -2.45. The maximum atomic E-state index is 10.5. The molecule has 0 saturated heterocycles. The van der Waals surface area contributed by atoms with E-state index in [1.807, 2.05) is 0 Å². The lowest BCUT2D eigenvalue weighted by Gasteiger charge is -2.43. The third kappa shape index (κ3) is 0.736. The molecule has 4 unspecified atom stereocenters. The number of hydrogen-bond donors (Lipinski definition) is 1. The molecule has 0 heterocycles. The van der Waals surface area contributed by atoms with Gasteiger partial charge in [0.05, 0.1) is 5.60 Å². The molecule has 0 spiro atoms. The molecular weight excluding hydrogens is 148 g/mol. The fourth-order valence-corrected chi connectivity index (χ4v) is 4.24. The van der Waals surface area contributed by atoms with E-state index in [0.29, 0.717) is 11.8 Å². The van der Waals surface area contributed by atoms with Crippen LogP contribution in [0.15, 0.2) is 0 Å². The second-order valence-corrected chi connectivity index (χ2v) is 5.11. The third-order valence-electron chi connectivity index (χ3n) is 4.73. The highest BCUT2D eigenvalue weighted by atomic mass is 16.3. The molecule has 3 fully saturated rings. The van der Waals surface area contributed by atoms with Crippen LogP contribution in [-0.2, 0) is 0 Å². The molecule has 3 aliphatic carbocycles. The number of hydrogen-bond acceptors (Lipinski definition) is 1. The summed E-state index contributed by atoms with van der Waals surface area (Å²) in [5.74, 6) is 2.28. The van der Waals surface area contributed by atoms with E-state index in [1.54, 1.807) is 0 Å². The minimum Gasteiger partial charge on any atom is -0.389 e. The standard InChI is InChI=1S/C11H18O/c12-11-6-2-3-8-7-9(11)4-1-5-10(8)11/h8-10,12H,1-7H2. The Morgan fingerprint density at radius 1 is 1.08 bits per heavy atom. The van der Waals surface area contributed by atoms with Crippen LogP contribution >= 0.6 is 0 Å². The van der Waals surface area contributed by atoms with Crippen LogP contribution in [0, 0.1) is 17.8 Å². The van der Waals surface area contributed by atoms with Crippen molar-refractivity contribution < 1.29 is 5.11 Å². The normalized spacial score (nSPS) is 57.2. The molecule has 4 bridgehead atoms. The second kappa shape index (κ2) is 2.25.